The van der Waals surface area contributed by atoms with Crippen LogP contribution in [0.3, 0.4) is 0 Å². The van der Waals surface area contributed by atoms with Crippen LogP contribution in [0, 0.1) is 5.41 Å². The Bertz CT molecular complexity index is 635. The summed E-state index contributed by atoms with van der Waals surface area (Å²) in [7, 11) is 2.92. The number of ether oxygens (including phenoxy) is 3. The molecule has 1 unspecified atom stereocenters. The van der Waals surface area contributed by atoms with Crippen LogP contribution in [0.25, 0.3) is 0 Å². The Balaban J connectivity index is 2.21. The van der Waals surface area contributed by atoms with Gasteiger partial charge in [-0.25, -0.2) is 0 Å². The summed E-state index contributed by atoms with van der Waals surface area (Å²) in [5.74, 6) is -0.0127. The number of aliphatic carboxylic acids is 1. The Hall–Kier alpha value is -2.24. The molecule has 1 saturated carbocycles. The number of carboxylic acid groups (broad SMARTS) is 1. The molecule has 144 valence electrons. The number of esters is 1. The lowest BCUT2D eigenvalue weighted by atomic mass is 9.79. The zero-order valence-corrected chi connectivity index (χ0v) is 15.7. The van der Waals surface area contributed by atoms with Gasteiger partial charge in [-0.3, -0.25) is 9.59 Å². The van der Waals surface area contributed by atoms with E-state index in [9.17, 15) is 9.59 Å². The molecular formula is C20H28O6. The molecule has 0 spiro atoms. The van der Waals surface area contributed by atoms with Gasteiger partial charge in [0.25, 0.3) is 0 Å². The number of carboxylic acids is 1. The number of hydrogen-bond acceptors (Lipinski definition) is 5. The van der Waals surface area contributed by atoms with E-state index in [4.69, 9.17) is 19.3 Å². The van der Waals surface area contributed by atoms with Crippen molar-refractivity contribution in [3.05, 3.63) is 23.8 Å². The van der Waals surface area contributed by atoms with Gasteiger partial charge < -0.3 is 19.3 Å². The lowest BCUT2D eigenvalue weighted by Gasteiger charge is -2.26. The standard InChI is InChI=1S/C20H28O6/c1-20(19(23)25-3,11-10-18(21)22)13-14-8-9-16(24-2)17(12-14)26-15-6-4-5-7-15/h8-9,12,15H,4-7,10-11,13H2,1-3H3,(H,21,22). The fraction of sp³-hybridized carbons (Fsp3) is 0.600. The molecule has 0 heterocycles. The zero-order valence-electron chi connectivity index (χ0n) is 15.7. The first-order valence-electron chi connectivity index (χ1n) is 9.02. The second kappa shape index (κ2) is 8.92. The molecule has 1 atom stereocenters. The van der Waals surface area contributed by atoms with Gasteiger partial charge in [-0.2, -0.15) is 0 Å². The maximum absolute atomic E-state index is 12.3. The number of carbonyl (C=O) groups excluding carboxylic acids is 1. The summed E-state index contributed by atoms with van der Waals surface area (Å²) < 4.78 is 16.4. The van der Waals surface area contributed by atoms with Crippen molar-refractivity contribution in [2.45, 2.75) is 58.0 Å². The smallest absolute Gasteiger partial charge is 0.311 e. The molecule has 1 aromatic carbocycles. The van der Waals surface area contributed by atoms with Crippen LogP contribution in [-0.4, -0.2) is 37.4 Å². The second-order valence-corrected chi connectivity index (χ2v) is 7.13. The minimum atomic E-state index is -0.930. The molecule has 1 aliphatic rings. The molecule has 1 fully saturated rings. The topological polar surface area (TPSA) is 82.1 Å². The molecule has 0 aliphatic heterocycles. The maximum atomic E-state index is 12.3. The van der Waals surface area contributed by atoms with E-state index in [1.807, 2.05) is 18.2 Å². The number of methoxy groups -OCH3 is 2. The minimum Gasteiger partial charge on any atom is -0.493 e. The summed E-state index contributed by atoms with van der Waals surface area (Å²) in [5, 5.41) is 8.98. The number of rotatable bonds is 9. The Labute approximate surface area is 154 Å². The van der Waals surface area contributed by atoms with Crippen LogP contribution >= 0.6 is 0 Å². The summed E-state index contributed by atoms with van der Waals surface area (Å²) in [4.78, 5) is 23.2. The van der Waals surface area contributed by atoms with E-state index in [1.54, 1.807) is 14.0 Å². The van der Waals surface area contributed by atoms with Crippen molar-refractivity contribution in [2.24, 2.45) is 5.41 Å². The first kappa shape index (κ1) is 20.1. The Morgan fingerprint density at radius 1 is 1.19 bits per heavy atom. The monoisotopic (exact) mass is 364 g/mol. The van der Waals surface area contributed by atoms with Gasteiger partial charge in [0, 0.05) is 6.42 Å². The molecule has 1 N–H and O–H groups in total. The molecule has 1 aromatic rings. The average Bonchev–Trinajstić information content (AvgIpc) is 3.12. The van der Waals surface area contributed by atoms with E-state index in [-0.39, 0.29) is 18.9 Å². The van der Waals surface area contributed by atoms with Gasteiger partial charge in [0.15, 0.2) is 11.5 Å². The van der Waals surface area contributed by atoms with Gasteiger partial charge in [0.1, 0.15) is 0 Å². The lowest BCUT2D eigenvalue weighted by molar-refractivity contribution is -0.152. The molecule has 0 amide bonds. The molecular weight excluding hydrogens is 336 g/mol. The van der Waals surface area contributed by atoms with Crippen molar-refractivity contribution in [1.29, 1.82) is 0 Å². The van der Waals surface area contributed by atoms with Crippen molar-refractivity contribution in [3.63, 3.8) is 0 Å². The Morgan fingerprint density at radius 2 is 1.88 bits per heavy atom. The van der Waals surface area contributed by atoms with Crippen molar-refractivity contribution >= 4 is 11.9 Å². The van der Waals surface area contributed by atoms with Crippen molar-refractivity contribution in [1.82, 2.24) is 0 Å². The van der Waals surface area contributed by atoms with Crippen molar-refractivity contribution in [3.8, 4) is 11.5 Å². The van der Waals surface area contributed by atoms with Gasteiger partial charge in [-0.1, -0.05) is 6.07 Å². The Kier molecular flexibility index (Phi) is 6.89. The molecule has 26 heavy (non-hydrogen) atoms. The SMILES string of the molecule is COC(=O)C(C)(CCC(=O)O)Cc1ccc(OC)c(OC2CCCC2)c1. The van der Waals surface area contributed by atoms with Crippen LogP contribution < -0.4 is 9.47 Å². The zero-order chi connectivity index (χ0) is 19.2. The van der Waals surface area contributed by atoms with Gasteiger partial charge in [0.2, 0.25) is 0 Å². The van der Waals surface area contributed by atoms with E-state index in [1.165, 1.54) is 20.0 Å². The summed E-state index contributed by atoms with van der Waals surface area (Å²) in [6.07, 6.45) is 5.09. The highest BCUT2D eigenvalue weighted by Crippen LogP contribution is 2.36. The molecule has 0 aromatic heterocycles. The fourth-order valence-corrected chi connectivity index (χ4v) is 3.45. The van der Waals surface area contributed by atoms with Crippen LogP contribution in [0.5, 0.6) is 11.5 Å². The highest BCUT2D eigenvalue weighted by atomic mass is 16.5. The van der Waals surface area contributed by atoms with E-state index in [2.05, 4.69) is 0 Å². The van der Waals surface area contributed by atoms with Crippen LogP contribution in [0.1, 0.15) is 51.0 Å². The number of carbonyl (C=O) groups is 2. The van der Waals surface area contributed by atoms with E-state index < -0.39 is 17.4 Å². The average molecular weight is 364 g/mol. The summed E-state index contributed by atoms with van der Waals surface area (Å²) in [5.41, 5.74) is -0.0242. The maximum Gasteiger partial charge on any atom is 0.311 e. The quantitative estimate of drug-likeness (QED) is 0.674. The molecule has 6 nitrogen and oxygen atoms in total. The molecule has 1 aliphatic carbocycles. The van der Waals surface area contributed by atoms with Gasteiger partial charge in [-0.05, 0) is 63.1 Å². The van der Waals surface area contributed by atoms with E-state index >= 15 is 0 Å². The predicted molar refractivity (Wildman–Crippen MR) is 96.6 cm³/mol. The minimum absolute atomic E-state index is 0.0901. The van der Waals surface area contributed by atoms with Crippen molar-refractivity contribution in [2.75, 3.05) is 14.2 Å². The molecule has 0 saturated heterocycles. The van der Waals surface area contributed by atoms with Crippen LogP contribution in [0.4, 0.5) is 0 Å². The largest absolute Gasteiger partial charge is 0.493 e. The number of benzene rings is 1. The third-order valence-corrected chi connectivity index (χ3v) is 4.99. The summed E-state index contributed by atoms with van der Waals surface area (Å²) in [6, 6.07) is 5.59. The Morgan fingerprint density at radius 3 is 2.46 bits per heavy atom. The second-order valence-electron chi connectivity index (χ2n) is 7.13. The molecule has 2 rings (SSSR count). The highest BCUT2D eigenvalue weighted by Gasteiger charge is 2.35. The van der Waals surface area contributed by atoms with E-state index in [0.717, 1.165) is 18.4 Å². The van der Waals surface area contributed by atoms with Gasteiger partial charge >= 0.3 is 11.9 Å². The highest BCUT2D eigenvalue weighted by molar-refractivity contribution is 5.78. The predicted octanol–water partition coefficient (Wildman–Crippen LogP) is 3.60. The van der Waals surface area contributed by atoms with E-state index in [0.29, 0.717) is 17.9 Å². The lowest BCUT2D eigenvalue weighted by Crippen LogP contribution is -2.32. The first-order valence-corrected chi connectivity index (χ1v) is 9.02. The van der Waals surface area contributed by atoms with Crippen LogP contribution in [0.15, 0.2) is 18.2 Å². The third-order valence-electron chi connectivity index (χ3n) is 4.99. The molecule has 0 radical (unpaired) electrons. The molecule has 6 heteroatoms. The fourth-order valence-electron chi connectivity index (χ4n) is 3.45. The first-order chi connectivity index (χ1) is 12.4. The normalized spacial score (nSPS) is 16.7. The summed E-state index contributed by atoms with van der Waals surface area (Å²) >= 11 is 0. The third kappa shape index (κ3) is 5.13. The van der Waals surface area contributed by atoms with Gasteiger partial charge in [0.05, 0.1) is 25.7 Å². The van der Waals surface area contributed by atoms with Crippen LogP contribution in [0.2, 0.25) is 0 Å². The molecule has 0 bridgehead atoms. The van der Waals surface area contributed by atoms with Crippen LogP contribution in [-0.2, 0) is 20.7 Å². The van der Waals surface area contributed by atoms with Crippen molar-refractivity contribution < 1.29 is 28.9 Å². The summed E-state index contributed by atoms with van der Waals surface area (Å²) in [6.45, 7) is 1.74. The van der Waals surface area contributed by atoms with Gasteiger partial charge in [-0.15, -0.1) is 0 Å². The number of hydrogen-bond donors (Lipinski definition) is 1.